The monoisotopic (exact) mass is 201 g/mol. The normalized spacial score (nSPS) is 12.7. The Kier molecular flexibility index (Phi) is 2.81. The summed E-state index contributed by atoms with van der Waals surface area (Å²) in [7, 11) is 0. The number of hydrogen-bond acceptors (Lipinski definition) is 2. The van der Waals surface area contributed by atoms with Crippen molar-refractivity contribution in [2.24, 2.45) is 0 Å². The van der Waals surface area contributed by atoms with Crippen LogP contribution in [-0.4, -0.2) is 14.8 Å². The average molecular weight is 201 g/mol. The number of rotatable bonds is 3. The summed E-state index contributed by atoms with van der Waals surface area (Å²) in [6.07, 6.45) is 1.79. The van der Waals surface area contributed by atoms with Crippen LogP contribution in [0.3, 0.4) is 0 Å². The summed E-state index contributed by atoms with van der Waals surface area (Å²) in [6.45, 7) is 5.18. The highest BCUT2D eigenvalue weighted by molar-refractivity contribution is 5.24. The van der Waals surface area contributed by atoms with Gasteiger partial charge in [-0.3, -0.25) is 0 Å². The minimum Gasteiger partial charge on any atom is -0.317 e. The van der Waals surface area contributed by atoms with E-state index in [9.17, 15) is 0 Å². The third-order valence-electron chi connectivity index (χ3n) is 2.67. The smallest absolute Gasteiger partial charge is 0.140 e. The molecule has 0 bridgehead atoms. The first-order chi connectivity index (χ1) is 7.33. The molecule has 1 aromatic heterocycles. The summed E-state index contributed by atoms with van der Waals surface area (Å²) in [5.41, 5.74) is 1.28. The molecule has 0 aliphatic rings. The van der Waals surface area contributed by atoms with Gasteiger partial charge in [0.25, 0.3) is 0 Å². The van der Waals surface area contributed by atoms with Gasteiger partial charge in [-0.25, -0.2) is 0 Å². The van der Waals surface area contributed by atoms with Crippen LogP contribution < -0.4 is 0 Å². The second kappa shape index (κ2) is 4.26. The van der Waals surface area contributed by atoms with Gasteiger partial charge in [0.05, 0.1) is 0 Å². The fraction of sp³-hybridized carbons (Fsp3) is 0.333. The lowest BCUT2D eigenvalue weighted by Gasteiger charge is -2.11. The molecule has 3 heteroatoms. The molecule has 0 fully saturated rings. The Labute approximate surface area is 89.8 Å². The van der Waals surface area contributed by atoms with Crippen molar-refractivity contribution in [2.75, 3.05) is 0 Å². The molecule has 78 valence electrons. The molecule has 2 aromatic rings. The lowest BCUT2D eigenvalue weighted by molar-refractivity contribution is 0.669. The molecule has 0 aliphatic carbocycles. The third kappa shape index (κ3) is 1.91. The van der Waals surface area contributed by atoms with E-state index in [0.29, 0.717) is 5.92 Å². The van der Waals surface area contributed by atoms with Crippen LogP contribution in [0.15, 0.2) is 36.7 Å². The molecule has 0 spiro atoms. The minimum absolute atomic E-state index is 0.300. The van der Waals surface area contributed by atoms with Gasteiger partial charge in [0.2, 0.25) is 0 Å². The van der Waals surface area contributed by atoms with E-state index in [1.807, 2.05) is 6.07 Å². The van der Waals surface area contributed by atoms with Crippen molar-refractivity contribution < 1.29 is 0 Å². The van der Waals surface area contributed by atoms with E-state index in [1.165, 1.54) is 5.56 Å². The zero-order valence-corrected chi connectivity index (χ0v) is 9.09. The van der Waals surface area contributed by atoms with E-state index in [-0.39, 0.29) is 0 Å². The molecule has 3 nitrogen and oxygen atoms in total. The predicted octanol–water partition coefficient (Wildman–Crippen LogP) is 2.45. The van der Waals surface area contributed by atoms with E-state index in [4.69, 9.17) is 0 Å². The van der Waals surface area contributed by atoms with Crippen LogP contribution in [0.1, 0.15) is 31.2 Å². The molecule has 0 N–H and O–H groups in total. The standard InChI is InChI=1S/C12H15N3/c1-3-15-9-13-14-12(15)10(2)11-7-5-4-6-8-11/h4-10H,3H2,1-2H3. The molecule has 1 atom stereocenters. The quantitative estimate of drug-likeness (QED) is 0.763. The second-order valence-electron chi connectivity index (χ2n) is 3.61. The van der Waals surface area contributed by atoms with Crippen molar-refractivity contribution in [1.29, 1.82) is 0 Å². The van der Waals surface area contributed by atoms with Crippen molar-refractivity contribution in [3.05, 3.63) is 48.0 Å². The van der Waals surface area contributed by atoms with Gasteiger partial charge in [0.15, 0.2) is 0 Å². The van der Waals surface area contributed by atoms with Gasteiger partial charge < -0.3 is 4.57 Å². The molecule has 1 heterocycles. The Morgan fingerprint density at radius 2 is 2.00 bits per heavy atom. The van der Waals surface area contributed by atoms with Crippen molar-refractivity contribution in [3.8, 4) is 0 Å². The lowest BCUT2D eigenvalue weighted by atomic mass is 10.0. The van der Waals surface area contributed by atoms with E-state index in [2.05, 4.69) is 52.9 Å². The molecular weight excluding hydrogens is 186 g/mol. The molecule has 1 unspecified atom stereocenters. The molecule has 1 aromatic carbocycles. The van der Waals surface area contributed by atoms with Crippen LogP contribution in [0, 0.1) is 0 Å². The van der Waals surface area contributed by atoms with Crippen molar-refractivity contribution in [3.63, 3.8) is 0 Å². The molecule has 0 saturated carbocycles. The Bertz CT molecular complexity index is 419. The molecule has 0 amide bonds. The number of aromatic nitrogens is 3. The predicted molar refractivity (Wildman–Crippen MR) is 59.7 cm³/mol. The molecule has 0 saturated heterocycles. The third-order valence-corrected chi connectivity index (χ3v) is 2.67. The zero-order chi connectivity index (χ0) is 10.7. The highest BCUT2D eigenvalue weighted by atomic mass is 15.3. The molecule has 2 rings (SSSR count). The van der Waals surface area contributed by atoms with Crippen LogP contribution in [0.25, 0.3) is 0 Å². The lowest BCUT2D eigenvalue weighted by Crippen LogP contribution is -2.06. The molecular formula is C12H15N3. The maximum absolute atomic E-state index is 4.18. The van der Waals surface area contributed by atoms with E-state index < -0.39 is 0 Å². The fourth-order valence-electron chi connectivity index (χ4n) is 1.73. The minimum atomic E-state index is 0.300. The van der Waals surface area contributed by atoms with Crippen LogP contribution >= 0.6 is 0 Å². The van der Waals surface area contributed by atoms with Crippen LogP contribution in [0.5, 0.6) is 0 Å². The van der Waals surface area contributed by atoms with Gasteiger partial charge in [-0.2, -0.15) is 0 Å². The fourth-order valence-corrected chi connectivity index (χ4v) is 1.73. The topological polar surface area (TPSA) is 30.7 Å². The SMILES string of the molecule is CCn1cnnc1C(C)c1ccccc1. The highest BCUT2D eigenvalue weighted by Crippen LogP contribution is 2.21. The first kappa shape index (κ1) is 9.90. The summed E-state index contributed by atoms with van der Waals surface area (Å²) in [6, 6.07) is 10.4. The van der Waals surface area contributed by atoms with Crippen LogP contribution in [-0.2, 0) is 6.54 Å². The van der Waals surface area contributed by atoms with Crippen LogP contribution in [0.2, 0.25) is 0 Å². The number of benzene rings is 1. The van der Waals surface area contributed by atoms with Gasteiger partial charge in [0, 0.05) is 12.5 Å². The van der Waals surface area contributed by atoms with E-state index in [1.54, 1.807) is 6.33 Å². The zero-order valence-electron chi connectivity index (χ0n) is 9.09. The van der Waals surface area contributed by atoms with Crippen LogP contribution in [0.4, 0.5) is 0 Å². The van der Waals surface area contributed by atoms with Gasteiger partial charge in [0.1, 0.15) is 12.2 Å². The number of hydrogen-bond donors (Lipinski definition) is 0. The largest absolute Gasteiger partial charge is 0.317 e. The molecule has 0 aliphatic heterocycles. The molecule has 15 heavy (non-hydrogen) atoms. The maximum Gasteiger partial charge on any atom is 0.140 e. The summed E-state index contributed by atoms with van der Waals surface area (Å²) < 4.78 is 2.08. The molecule has 0 radical (unpaired) electrons. The maximum atomic E-state index is 4.18. The van der Waals surface area contributed by atoms with Gasteiger partial charge >= 0.3 is 0 Å². The first-order valence-electron chi connectivity index (χ1n) is 5.25. The Morgan fingerprint density at radius 3 is 2.67 bits per heavy atom. The summed E-state index contributed by atoms with van der Waals surface area (Å²) in [5.74, 6) is 1.33. The van der Waals surface area contributed by atoms with Gasteiger partial charge in [-0.15, -0.1) is 10.2 Å². The van der Waals surface area contributed by atoms with Gasteiger partial charge in [-0.05, 0) is 12.5 Å². The van der Waals surface area contributed by atoms with Gasteiger partial charge in [-0.1, -0.05) is 37.3 Å². The number of nitrogens with zero attached hydrogens (tertiary/aromatic N) is 3. The van der Waals surface area contributed by atoms with Crippen molar-refractivity contribution in [1.82, 2.24) is 14.8 Å². The summed E-state index contributed by atoms with van der Waals surface area (Å²) in [5, 5.41) is 8.13. The Balaban J connectivity index is 2.32. The summed E-state index contributed by atoms with van der Waals surface area (Å²) in [4.78, 5) is 0. The Hall–Kier alpha value is -1.64. The highest BCUT2D eigenvalue weighted by Gasteiger charge is 2.13. The second-order valence-corrected chi connectivity index (χ2v) is 3.61. The Morgan fingerprint density at radius 1 is 1.27 bits per heavy atom. The van der Waals surface area contributed by atoms with E-state index in [0.717, 1.165) is 12.4 Å². The van der Waals surface area contributed by atoms with Crippen molar-refractivity contribution in [2.45, 2.75) is 26.3 Å². The first-order valence-corrected chi connectivity index (χ1v) is 5.25. The van der Waals surface area contributed by atoms with Crippen molar-refractivity contribution >= 4 is 0 Å². The summed E-state index contributed by atoms with van der Waals surface area (Å²) >= 11 is 0. The average Bonchev–Trinajstić information content (AvgIpc) is 2.77. The number of aryl methyl sites for hydroxylation is 1. The van der Waals surface area contributed by atoms with E-state index >= 15 is 0 Å².